The molecule has 1 aromatic carbocycles. The van der Waals surface area contributed by atoms with Gasteiger partial charge in [0.1, 0.15) is 0 Å². The highest BCUT2D eigenvalue weighted by atomic mass is 31.2. The third kappa shape index (κ3) is 2.56. The van der Waals surface area contributed by atoms with Crippen LogP contribution in [0.5, 0.6) is 0 Å². The van der Waals surface area contributed by atoms with Crippen molar-refractivity contribution in [3.8, 4) is 0 Å². The molecule has 0 amide bonds. The van der Waals surface area contributed by atoms with Gasteiger partial charge in [-0.2, -0.15) is 0 Å². The molecule has 0 bridgehead atoms. The minimum Gasteiger partial charge on any atom is -0.302 e. The summed E-state index contributed by atoms with van der Waals surface area (Å²) in [4.78, 5) is 12.1. The lowest BCUT2D eigenvalue weighted by Crippen LogP contribution is -2.33. The van der Waals surface area contributed by atoms with Gasteiger partial charge in [-0.3, -0.25) is 9.36 Å². The van der Waals surface area contributed by atoms with E-state index >= 15 is 0 Å². The first kappa shape index (κ1) is 13.5. The van der Waals surface area contributed by atoms with Crippen molar-refractivity contribution in [1.82, 2.24) is 0 Å². The van der Waals surface area contributed by atoms with Crippen LogP contribution in [0.15, 0.2) is 30.3 Å². The summed E-state index contributed by atoms with van der Waals surface area (Å²) >= 11 is 0. The number of benzene rings is 1. The van der Waals surface area contributed by atoms with Crippen LogP contribution in [0.25, 0.3) is 0 Å². The van der Waals surface area contributed by atoms with Gasteiger partial charge in [0.15, 0.2) is 0 Å². The zero-order chi connectivity index (χ0) is 13.2. The predicted molar refractivity (Wildman–Crippen MR) is 68.7 cm³/mol. The van der Waals surface area contributed by atoms with Gasteiger partial charge in [0, 0.05) is 11.0 Å². The van der Waals surface area contributed by atoms with E-state index in [4.69, 9.17) is 9.05 Å². The maximum Gasteiger partial charge on any atom is 0.401 e. The van der Waals surface area contributed by atoms with Crippen LogP contribution in [-0.2, 0) is 13.6 Å². The fraction of sp³-hybridized carbons (Fsp3) is 0.462. The van der Waals surface area contributed by atoms with Gasteiger partial charge < -0.3 is 9.05 Å². The van der Waals surface area contributed by atoms with E-state index < -0.39 is 13.1 Å². The van der Waals surface area contributed by atoms with Gasteiger partial charge in [-0.05, 0) is 6.42 Å². The molecule has 1 fully saturated rings. The summed E-state index contributed by atoms with van der Waals surface area (Å²) in [6.45, 7) is 4.59. The van der Waals surface area contributed by atoms with Gasteiger partial charge >= 0.3 is 7.60 Å². The SMILES string of the molecule is CCC1(C)COP(=O)(C(=O)c2ccccc2)OC1. The van der Waals surface area contributed by atoms with E-state index in [-0.39, 0.29) is 5.41 Å². The lowest BCUT2D eigenvalue weighted by atomic mass is 9.90. The lowest BCUT2D eigenvalue weighted by molar-refractivity contribution is 0.0259. The van der Waals surface area contributed by atoms with E-state index in [1.54, 1.807) is 30.3 Å². The van der Waals surface area contributed by atoms with Crippen LogP contribution in [0.1, 0.15) is 30.6 Å². The second kappa shape index (κ2) is 4.96. The molecule has 1 saturated heterocycles. The number of carbonyl (C=O) groups excluding carboxylic acids is 1. The summed E-state index contributed by atoms with van der Waals surface area (Å²) in [5.74, 6) is 0. The molecule has 0 unspecified atom stereocenters. The topological polar surface area (TPSA) is 52.6 Å². The van der Waals surface area contributed by atoms with Gasteiger partial charge in [0.2, 0.25) is 0 Å². The number of hydrogen-bond donors (Lipinski definition) is 0. The van der Waals surface area contributed by atoms with Crippen molar-refractivity contribution in [3.05, 3.63) is 35.9 Å². The van der Waals surface area contributed by atoms with Crippen molar-refractivity contribution in [3.63, 3.8) is 0 Å². The second-order valence-electron chi connectivity index (χ2n) is 4.88. The highest BCUT2D eigenvalue weighted by Crippen LogP contribution is 2.56. The van der Waals surface area contributed by atoms with E-state index in [2.05, 4.69) is 0 Å². The first-order chi connectivity index (χ1) is 8.49. The zero-order valence-electron chi connectivity index (χ0n) is 10.6. The predicted octanol–water partition coefficient (Wildman–Crippen LogP) is 3.48. The van der Waals surface area contributed by atoms with Crippen LogP contribution in [0.3, 0.4) is 0 Å². The molecule has 0 radical (unpaired) electrons. The Morgan fingerprint density at radius 1 is 1.28 bits per heavy atom. The Morgan fingerprint density at radius 2 is 1.83 bits per heavy atom. The second-order valence-corrected chi connectivity index (χ2v) is 6.80. The highest BCUT2D eigenvalue weighted by molar-refractivity contribution is 7.72. The Labute approximate surface area is 107 Å². The first-order valence-corrected chi connectivity index (χ1v) is 7.52. The maximum atomic E-state index is 12.3. The molecule has 1 aliphatic heterocycles. The highest BCUT2D eigenvalue weighted by Gasteiger charge is 2.43. The van der Waals surface area contributed by atoms with Crippen LogP contribution >= 0.6 is 7.60 Å². The molecule has 98 valence electrons. The fourth-order valence-electron chi connectivity index (χ4n) is 1.62. The average molecular weight is 268 g/mol. The number of rotatable bonds is 3. The molecule has 4 nitrogen and oxygen atoms in total. The van der Waals surface area contributed by atoms with E-state index in [1.807, 2.05) is 13.8 Å². The third-order valence-corrected chi connectivity index (χ3v) is 4.98. The molecular weight excluding hydrogens is 251 g/mol. The van der Waals surface area contributed by atoms with E-state index in [9.17, 15) is 9.36 Å². The quantitative estimate of drug-likeness (QED) is 0.787. The fourth-order valence-corrected chi connectivity index (χ4v) is 3.36. The van der Waals surface area contributed by atoms with Gasteiger partial charge in [0.05, 0.1) is 13.2 Å². The van der Waals surface area contributed by atoms with Gasteiger partial charge in [-0.1, -0.05) is 44.2 Å². The molecular formula is C13H17O4P. The van der Waals surface area contributed by atoms with Crippen molar-refractivity contribution in [1.29, 1.82) is 0 Å². The van der Waals surface area contributed by atoms with Gasteiger partial charge in [0.25, 0.3) is 5.52 Å². The lowest BCUT2D eigenvalue weighted by Gasteiger charge is -2.35. The van der Waals surface area contributed by atoms with Gasteiger partial charge in [-0.25, -0.2) is 0 Å². The molecule has 1 aliphatic rings. The minimum atomic E-state index is -3.66. The Balaban J connectivity index is 2.15. The van der Waals surface area contributed by atoms with Crippen LogP contribution in [-0.4, -0.2) is 18.7 Å². The maximum absolute atomic E-state index is 12.3. The molecule has 1 aromatic rings. The van der Waals surface area contributed by atoms with Crippen LogP contribution in [0.4, 0.5) is 0 Å². The Hall–Kier alpha value is -0.960. The minimum absolute atomic E-state index is 0.162. The molecule has 0 aromatic heterocycles. The normalized spacial score (nSPS) is 32.1. The molecule has 0 spiro atoms. The first-order valence-electron chi connectivity index (χ1n) is 5.98. The summed E-state index contributed by atoms with van der Waals surface area (Å²) in [5, 5.41) is 0. The number of hydrogen-bond acceptors (Lipinski definition) is 4. The molecule has 0 atom stereocenters. The van der Waals surface area contributed by atoms with Crippen molar-refractivity contribution in [2.75, 3.05) is 13.2 Å². The largest absolute Gasteiger partial charge is 0.401 e. The standard InChI is InChI=1S/C13H17O4P/c1-3-13(2)9-16-18(15,17-10-13)12(14)11-7-5-4-6-8-11/h4-8H,3,9-10H2,1-2H3. The summed E-state index contributed by atoms with van der Waals surface area (Å²) in [6.07, 6.45) is 0.854. The van der Waals surface area contributed by atoms with E-state index in [0.717, 1.165) is 6.42 Å². The molecule has 5 heteroatoms. The van der Waals surface area contributed by atoms with Crippen molar-refractivity contribution in [2.45, 2.75) is 20.3 Å². The van der Waals surface area contributed by atoms with E-state index in [0.29, 0.717) is 18.8 Å². The third-order valence-electron chi connectivity index (χ3n) is 3.29. The van der Waals surface area contributed by atoms with Crippen molar-refractivity contribution < 1.29 is 18.4 Å². The van der Waals surface area contributed by atoms with Gasteiger partial charge in [-0.15, -0.1) is 0 Å². The number of carbonyl (C=O) groups is 1. The average Bonchev–Trinajstić information content (AvgIpc) is 2.43. The Bertz CT molecular complexity index is 471. The molecule has 1 heterocycles. The summed E-state index contributed by atoms with van der Waals surface area (Å²) in [5.41, 5.74) is -0.354. The molecule has 0 saturated carbocycles. The summed E-state index contributed by atoms with van der Waals surface area (Å²) in [6, 6.07) is 8.47. The van der Waals surface area contributed by atoms with Crippen molar-refractivity contribution >= 4 is 13.1 Å². The molecule has 18 heavy (non-hydrogen) atoms. The Kier molecular flexibility index (Phi) is 3.71. The molecule has 0 aliphatic carbocycles. The monoisotopic (exact) mass is 268 g/mol. The van der Waals surface area contributed by atoms with Crippen molar-refractivity contribution in [2.24, 2.45) is 5.41 Å². The van der Waals surface area contributed by atoms with E-state index in [1.165, 1.54) is 0 Å². The molecule has 2 rings (SSSR count). The van der Waals surface area contributed by atoms with Crippen LogP contribution < -0.4 is 0 Å². The summed E-state index contributed by atoms with van der Waals surface area (Å²) in [7, 11) is -3.66. The zero-order valence-corrected chi connectivity index (χ0v) is 11.5. The summed E-state index contributed by atoms with van der Waals surface area (Å²) < 4.78 is 22.9. The smallest absolute Gasteiger partial charge is 0.302 e. The van der Waals surface area contributed by atoms with Crippen LogP contribution in [0, 0.1) is 5.41 Å². The Morgan fingerprint density at radius 3 is 2.33 bits per heavy atom. The molecule has 0 N–H and O–H groups in total. The van der Waals surface area contributed by atoms with Crippen LogP contribution in [0.2, 0.25) is 0 Å².